The van der Waals surface area contributed by atoms with Crippen molar-refractivity contribution >= 4 is 59.8 Å². The molecule has 1 aliphatic rings. The van der Waals surface area contributed by atoms with E-state index in [1.54, 1.807) is 6.07 Å². The topological polar surface area (TPSA) is 74.3 Å². The van der Waals surface area contributed by atoms with Gasteiger partial charge in [-0.25, -0.2) is 4.39 Å². The first-order valence-electron chi connectivity index (χ1n) is 10.6. The Balaban J connectivity index is 0.00000141. The monoisotopic (exact) mass is 574 g/mol. The fourth-order valence-electron chi connectivity index (χ4n) is 3.26. The number of anilines is 1. The van der Waals surface area contributed by atoms with E-state index < -0.39 is 24.1 Å². The Labute approximate surface area is 205 Å². The van der Waals surface area contributed by atoms with Gasteiger partial charge >= 0.3 is 13.1 Å². The van der Waals surface area contributed by atoms with Crippen molar-refractivity contribution in [3.05, 3.63) is 24.1 Å². The van der Waals surface area contributed by atoms with E-state index in [-0.39, 0.29) is 23.5 Å². The number of rotatable bonds is 5. The fraction of sp³-hybridized carbons (Fsp3) is 0.524. The van der Waals surface area contributed by atoms with Crippen molar-refractivity contribution in [3.8, 4) is 11.5 Å². The van der Waals surface area contributed by atoms with Crippen LogP contribution in [-0.4, -0.2) is 38.5 Å². The van der Waals surface area contributed by atoms with E-state index in [1.807, 2.05) is 65.6 Å². The maximum absolute atomic E-state index is 15.0. The highest BCUT2D eigenvalue weighted by molar-refractivity contribution is 14.2. The molecule has 1 aliphatic heterocycles. The number of halogens is 2. The molecule has 0 radical (unpaired) electrons. The standard InChI is InChI=1S/C19H23BFIN4O3S.C2H6/c1-10(2)23-17-25-24-16(27-17)12-7-11-13(9-26(30-22)15(11)8-14(12)21)20-28-18(3,4)19(5,6)29-20;1-2/h7-10H,1-6H3,(H,23,25);1-2H3. The first kappa shape index (κ1) is 25.3. The lowest BCUT2D eigenvalue weighted by molar-refractivity contribution is 0.00578. The second-order valence-corrected chi connectivity index (χ2v) is 10.3. The Morgan fingerprint density at radius 2 is 1.75 bits per heavy atom. The zero-order chi connectivity index (χ0) is 23.8. The number of benzene rings is 1. The van der Waals surface area contributed by atoms with Crippen LogP contribution < -0.4 is 10.8 Å². The van der Waals surface area contributed by atoms with Gasteiger partial charge in [-0.2, -0.15) is 0 Å². The second-order valence-electron chi connectivity index (χ2n) is 8.63. The van der Waals surface area contributed by atoms with Crippen molar-refractivity contribution in [2.24, 2.45) is 0 Å². The molecule has 0 saturated carbocycles. The third kappa shape index (κ3) is 4.66. The van der Waals surface area contributed by atoms with Gasteiger partial charge in [0, 0.05) is 53.4 Å². The SMILES string of the molecule is CC.CC(C)Nc1nnc(-c2cc3c(B4OC(C)(C)C(C)(C)O4)cn(SI)c3cc2F)o1. The summed E-state index contributed by atoms with van der Waals surface area (Å²) < 4.78 is 35.0. The highest BCUT2D eigenvalue weighted by Crippen LogP contribution is 2.38. The number of hydrogen-bond donors (Lipinski definition) is 1. The van der Waals surface area contributed by atoms with Crippen LogP contribution in [0.5, 0.6) is 0 Å². The Hall–Kier alpha value is -1.31. The van der Waals surface area contributed by atoms with Gasteiger partial charge in [0.2, 0.25) is 0 Å². The third-order valence-electron chi connectivity index (χ3n) is 5.54. The van der Waals surface area contributed by atoms with E-state index in [1.165, 1.54) is 15.2 Å². The van der Waals surface area contributed by atoms with Crippen molar-refractivity contribution in [2.75, 3.05) is 5.32 Å². The van der Waals surface area contributed by atoms with Crippen molar-refractivity contribution in [2.45, 2.75) is 72.6 Å². The molecule has 1 fully saturated rings. The van der Waals surface area contributed by atoms with Crippen LogP contribution in [0.4, 0.5) is 10.4 Å². The zero-order valence-electron chi connectivity index (χ0n) is 19.6. The summed E-state index contributed by atoms with van der Waals surface area (Å²) in [5.74, 6) is -0.320. The minimum atomic E-state index is -0.568. The molecule has 0 bridgehead atoms. The van der Waals surface area contributed by atoms with Crippen LogP contribution in [0.15, 0.2) is 22.7 Å². The van der Waals surface area contributed by atoms with Gasteiger partial charge in [0.15, 0.2) is 0 Å². The lowest BCUT2D eigenvalue weighted by atomic mass is 9.78. The molecule has 32 heavy (non-hydrogen) atoms. The third-order valence-corrected chi connectivity index (χ3v) is 7.26. The molecule has 0 amide bonds. The molecular formula is C21H29BFIN4O3S. The molecular weight excluding hydrogens is 545 g/mol. The van der Waals surface area contributed by atoms with Crippen LogP contribution >= 0.6 is 30.3 Å². The van der Waals surface area contributed by atoms with Crippen molar-refractivity contribution in [1.29, 1.82) is 0 Å². The van der Waals surface area contributed by atoms with Crippen LogP contribution in [0.25, 0.3) is 22.4 Å². The van der Waals surface area contributed by atoms with Gasteiger partial charge in [-0.1, -0.05) is 18.9 Å². The van der Waals surface area contributed by atoms with Crippen LogP contribution in [0.1, 0.15) is 55.4 Å². The average molecular weight is 574 g/mol. The Bertz CT molecular complexity index is 1090. The molecule has 0 spiro atoms. The molecule has 174 valence electrons. The molecule has 1 aromatic carbocycles. The number of nitrogens with one attached hydrogen (secondary N) is 1. The Kier molecular flexibility index (Phi) is 7.53. The summed E-state index contributed by atoms with van der Waals surface area (Å²) in [6, 6.07) is 3.58. The number of aromatic nitrogens is 3. The summed E-state index contributed by atoms with van der Waals surface area (Å²) in [5.41, 5.74) is 0.836. The molecule has 0 aliphatic carbocycles. The maximum atomic E-state index is 15.0. The van der Waals surface area contributed by atoms with Gasteiger partial charge in [0.1, 0.15) is 5.82 Å². The van der Waals surface area contributed by atoms with Crippen molar-refractivity contribution in [1.82, 2.24) is 14.2 Å². The van der Waals surface area contributed by atoms with E-state index >= 15 is 0 Å². The summed E-state index contributed by atoms with van der Waals surface area (Å²) in [6.07, 6.45) is 1.92. The number of fused-ring (bicyclic) bond motifs is 1. The minimum Gasteiger partial charge on any atom is -0.403 e. The van der Waals surface area contributed by atoms with Crippen LogP contribution in [0.2, 0.25) is 0 Å². The molecule has 4 rings (SSSR count). The van der Waals surface area contributed by atoms with Crippen LogP contribution in [0, 0.1) is 5.82 Å². The molecule has 7 nitrogen and oxygen atoms in total. The average Bonchev–Trinajstić information content (AvgIpc) is 3.36. The number of hydrogen-bond acceptors (Lipinski definition) is 7. The summed E-state index contributed by atoms with van der Waals surface area (Å²) >= 11 is 2.16. The Morgan fingerprint density at radius 3 is 2.31 bits per heavy atom. The Morgan fingerprint density at radius 1 is 1.12 bits per heavy atom. The molecule has 1 N–H and O–H groups in total. The molecule has 0 unspecified atom stereocenters. The van der Waals surface area contributed by atoms with Gasteiger partial charge in [0.05, 0.1) is 22.3 Å². The van der Waals surface area contributed by atoms with Crippen molar-refractivity contribution < 1.29 is 18.1 Å². The fourth-order valence-corrected chi connectivity index (χ4v) is 4.61. The summed E-state index contributed by atoms with van der Waals surface area (Å²) in [4.78, 5) is 0. The first-order valence-corrected chi connectivity index (χ1v) is 13.9. The molecule has 3 aromatic rings. The molecule has 2 aromatic heterocycles. The van der Waals surface area contributed by atoms with Crippen molar-refractivity contribution in [3.63, 3.8) is 0 Å². The summed E-state index contributed by atoms with van der Waals surface area (Å²) in [6.45, 7) is 15.9. The summed E-state index contributed by atoms with van der Waals surface area (Å²) in [5, 5.41) is 11.8. The summed E-state index contributed by atoms with van der Waals surface area (Å²) in [7, 11) is 0.878. The lowest BCUT2D eigenvalue weighted by Gasteiger charge is -2.32. The lowest BCUT2D eigenvalue weighted by Crippen LogP contribution is -2.41. The number of nitrogens with zero attached hydrogens (tertiary/aromatic N) is 3. The normalized spacial score (nSPS) is 17.0. The smallest absolute Gasteiger partial charge is 0.403 e. The predicted octanol–water partition coefficient (Wildman–Crippen LogP) is 5.82. The van der Waals surface area contributed by atoms with Gasteiger partial charge < -0.3 is 19.0 Å². The molecule has 1 saturated heterocycles. The van der Waals surface area contributed by atoms with Crippen LogP contribution in [0.3, 0.4) is 0 Å². The highest BCUT2D eigenvalue weighted by atomic mass is 127. The zero-order valence-corrected chi connectivity index (χ0v) is 22.6. The maximum Gasteiger partial charge on any atom is 0.497 e. The van der Waals surface area contributed by atoms with E-state index in [0.29, 0.717) is 0 Å². The minimum absolute atomic E-state index is 0.118. The van der Waals surface area contributed by atoms with Gasteiger partial charge in [-0.05, 0) is 53.7 Å². The van der Waals surface area contributed by atoms with Gasteiger partial charge in [-0.3, -0.25) is 3.97 Å². The second kappa shape index (κ2) is 9.51. The first-order chi connectivity index (χ1) is 15.0. The van der Waals surface area contributed by atoms with E-state index in [2.05, 4.69) is 36.7 Å². The van der Waals surface area contributed by atoms with Gasteiger partial charge in [-0.15, -0.1) is 5.10 Å². The predicted molar refractivity (Wildman–Crippen MR) is 138 cm³/mol. The molecule has 0 atom stereocenters. The largest absolute Gasteiger partial charge is 0.497 e. The quantitative estimate of drug-likeness (QED) is 0.304. The van der Waals surface area contributed by atoms with E-state index in [4.69, 9.17) is 13.7 Å². The molecule has 3 heterocycles. The highest BCUT2D eigenvalue weighted by Gasteiger charge is 2.52. The molecule has 11 heteroatoms. The van der Waals surface area contributed by atoms with Gasteiger partial charge in [0.25, 0.3) is 5.89 Å². The van der Waals surface area contributed by atoms with E-state index in [9.17, 15) is 4.39 Å². The van der Waals surface area contributed by atoms with Crippen LogP contribution in [-0.2, 0) is 9.31 Å². The van der Waals surface area contributed by atoms with E-state index in [0.717, 1.165) is 16.4 Å².